The molecule has 0 rings (SSSR count). The zero-order chi connectivity index (χ0) is 11.4. The third kappa shape index (κ3) is 3.27. The molecule has 84 valence electrons. The average molecular weight is 202 g/mol. The Morgan fingerprint density at radius 1 is 1.57 bits per heavy atom. The number of amides is 1. The minimum Gasteiger partial charge on any atom is -0.394 e. The topological polar surface area (TPSA) is 66.6 Å². The number of likely N-dealkylation sites (N-methyl/N-ethyl adjacent to an activating group) is 1. The van der Waals surface area contributed by atoms with Gasteiger partial charge in [0.2, 0.25) is 5.91 Å². The van der Waals surface area contributed by atoms with Gasteiger partial charge in [-0.1, -0.05) is 13.3 Å². The van der Waals surface area contributed by atoms with E-state index in [9.17, 15) is 4.79 Å². The largest absolute Gasteiger partial charge is 0.394 e. The number of carbonyl (C=O) groups is 1. The van der Waals surface area contributed by atoms with Gasteiger partial charge in [-0.25, -0.2) is 0 Å². The zero-order valence-corrected chi connectivity index (χ0v) is 9.58. The predicted molar refractivity (Wildman–Crippen MR) is 56.8 cm³/mol. The highest BCUT2D eigenvalue weighted by Gasteiger charge is 2.29. The molecule has 0 aliphatic carbocycles. The second kappa shape index (κ2) is 5.32. The fourth-order valence-electron chi connectivity index (χ4n) is 1.09. The second-order valence-corrected chi connectivity index (χ2v) is 4.26. The van der Waals surface area contributed by atoms with Crippen molar-refractivity contribution >= 4 is 5.91 Å². The first kappa shape index (κ1) is 13.4. The molecule has 0 aromatic rings. The first-order valence-electron chi connectivity index (χ1n) is 5.01. The molecule has 4 nitrogen and oxygen atoms in total. The Bertz CT molecular complexity index is 193. The molecule has 0 aliphatic rings. The van der Waals surface area contributed by atoms with Gasteiger partial charge in [-0.3, -0.25) is 4.79 Å². The van der Waals surface area contributed by atoms with Crippen LogP contribution in [0.2, 0.25) is 0 Å². The smallest absolute Gasteiger partial charge is 0.239 e. The molecule has 0 unspecified atom stereocenters. The van der Waals surface area contributed by atoms with Crippen molar-refractivity contribution in [3.05, 3.63) is 0 Å². The van der Waals surface area contributed by atoms with Gasteiger partial charge in [-0.2, -0.15) is 0 Å². The summed E-state index contributed by atoms with van der Waals surface area (Å²) in [4.78, 5) is 13.2. The molecule has 0 bridgehead atoms. The monoisotopic (exact) mass is 202 g/mol. The minimum absolute atomic E-state index is 0.0614. The molecule has 4 heteroatoms. The van der Waals surface area contributed by atoms with Crippen molar-refractivity contribution < 1.29 is 9.90 Å². The number of hydrogen-bond acceptors (Lipinski definition) is 3. The van der Waals surface area contributed by atoms with Gasteiger partial charge < -0.3 is 15.7 Å². The molecule has 1 amide bonds. The molecule has 0 saturated carbocycles. The van der Waals surface area contributed by atoms with Gasteiger partial charge in [0.1, 0.15) is 0 Å². The first-order chi connectivity index (χ1) is 6.36. The Morgan fingerprint density at radius 3 is 2.43 bits per heavy atom. The van der Waals surface area contributed by atoms with Gasteiger partial charge in [0.05, 0.1) is 18.2 Å². The van der Waals surface area contributed by atoms with E-state index < -0.39 is 11.6 Å². The highest BCUT2D eigenvalue weighted by atomic mass is 16.3. The number of nitrogens with two attached hydrogens (primary N) is 1. The molecule has 0 spiro atoms. The minimum atomic E-state index is -0.539. The third-order valence-corrected chi connectivity index (χ3v) is 2.54. The van der Waals surface area contributed by atoms with Crippen LogP contribution in [0.25, 0.3) is 0 Å². The van der Waals surface area contributed by atoms with Crippen molar-refractivity contribution in [2.45, 2.75) is 45.2 Å². The fourth-order valence-corrected chi connectivity index (χ4v) is 1.09. The molecule has 0 aromatic carbocycles. The van der Waals surface area contributed by atoms with Gasteiger partial charge >= 0.3 is 0 Å². The lowest BCUT2D eigenvalue weighted by molar-refractivity contribution is -0.137. The third-order valence-electron chi connectivity index (χ3n) is 2.54. The number of rotatable bonds is 5. The van der Waals surface area contributed by atoms with E-state index in [0.717, 1.165) is 6.42 Å². The SMILES string of the molecule is CCC[C@H](N)C(=O)N(C)C(C)(C)CO. The predicted octanol–water partition coefficient (Wildman–Crippen LogP) is 0.343. The Balaban J connectivity index is 4.38. The normalized spacial score (nSPS) is 13.9. The molecule has 3 N–H and O–H groups in total. The summed E-state index contributed by atoms with van der Waals surface area (Å²) in [5.74, 6) is -0.106. The number of hydrogen-bond donors (Lipinski definition) is 2. The van der Waals surface area contributed by atoms with Crippen LogP contribution >= 0.6 is 0 Å². The molecule has 14 heavy (non-hydrogen) atoms. The molecule has 1 atom stereocenters. The van der Waals surface area contributed by atoms with E-state index in [1.165, 1.54) is 4.90 Å². The average Bonchev–Trinajstić information content (AvgIpc) is 2.15. The molecule has 0 aliphatic heterocycles. The Hall–Kier alpha value is -0.610. The summed E-state index contributed by atoms with van der Waals surface area (Å²) in [5.41, 5.74) is 5.17. The maximum Gasteiger partial charge on any atom is 0.239 e. The van der Waals surface area contributed by atoms with Crippen molar-refractivity contribution in [3.63, 3.8) is 0 Å². The summed E-state index contributed by atoms with van der Waals surface area (Å²) < 4.78 is 0. The van der Waals surface area contributed by atoms with E-state index >= 15 is 0 Å². The molecule has 0 radical (unpaired) electrons. The molecular weight excluding hydrogens is 180 g/mol. The van der Waals surface area contributed by atoms with Crippen molar-refractivity contribution in [1.29, 1.82) is 0 Å². The quantitative estimate of drug-likeness (QED) is 0.675. The van der Waals surface area contributed by atoms with Crippen LogP contribution in [0.15, 0.2) is 0 Å². The summed E-state index contributed by atoms with van der Waals surface area (Å²) >= 11 is 0. The Kier molecular flexibility index (Phi) is 5.08. The van der Waals surface area contributed by atoms with E-state index in [0.29, 0.717) is 6.42 Å². The van der Waals surface area contributed by atoms with Crippen LogP contribution in [-0.4, -0.2) is 41.1 Å². The fraction of sp³-hybridized carbons (Fsp3) is 0.900. The van der Waals surface area contributed by atoms with Crippen molar-refractivity contribution in [2.75, 3.05) is 13.7 Å². The van der Waals surface area contributed by atoms with E-state index in [-0.39, 0.29) is 12.5 Å². The van der Waals surface area contributed by atoms with Crippen LogP contribution in [0.1, 0.15) is 33.6 Å². The van der Waals surface area contributed by atoms with Crippen LogP contribution in [0.5, 0.6) is 0 Å². The second-order valence-electron chi connectivity index (χ2n) is 4.26. The van der Waals surface area contributed by atoms with Gasteiger partial charge in [-0.05, 0) is 20.3 Å². The number of carbonyl (C=O) groups excluding carboxylic acids is 1. The highest BCUT2D eigenvalue weighted by molar-refractivity contribution is 5.82. The van der Waals surface area contributed by atoms with Crippen LogP contribution in [0, 0.1) is 0 Å². The van der Waals surface area contributed by atoms with E-state index in [4.69, 9.17) is 10.8 Å². The molecule has 0 fully saturated rings. The summed E-state index contributed by atoms with van der Waals surface area (Å²) in [5, 5.41) is 9.09. The Morgan fingerprint density at radius 2 is 2.07 bits per heavy atom. The van der Waals surface area contributed by atoms with Crippen LogP contribution in [0.3, 0.4) is 0 Å². The van der Waals surface area contributed by atoms with Gasteiger partial charge in [0.25, 0.3) is 0 Å². The molecule has 0 aromatic heterocycles. The van der Waals surface area contributed by atoms with Crippen LogP contribution in [0.4, 0.5) is 0 Å². The lowest BCUT2D eigenvalue weighted by Gasteiger charge is -2.35. The summed E-state index contributed by atoms with van der Waals surface area (Å²) in [7, 11) is 1.67. The van der Waals surface area contributed by atoms with Crippen LogP contribution in [-0.2, 0) is 4.79 Å². The maximum absolute atomic E-state index is 11.7. The van der Waals surface area contributed by atoms with Gasteiger partial charge in [0, 0.05) is 7.05 Å². The standard InChI is InChI=1S/C10H22N2O2/c1-5-6-8(11)9(14)12(4)10(2,3)7-13/h8,13H,5-7,11H2,1-4H3/t8-/m0/s1. The van der Waals surface area contributed by atoms with E-state index in [1.807, 2.05) is 20.8 Å². The van der Waals surface area contributed by atoms with Gasteiger partial charge in [0.15, 0.2) is 0 Å². The number of aliphatic hydroxyl groups excluding tert-OH is 1. The lowest BCUT2D eigenvalue weighted by atomic mass is 10.0. The highest BCUT2D eigenvalue weighted by Crippen LogP contribution is 2.13. The summed E-state index contributed by atoms with van der Waals surface area (Å²) in [6.07, 6.45) is 1.57. The Labute approximate surface area is 86.1 Å². The number of nitrogens with zero attached hydrogens (tertiary/aromatic N) is 1. The van der Waals surface area contributed by atoms with Crippen LogP contribution < -0.4 is 5.73 Å². The van der Waals surface area contributed by atoms with Crippen molar-refractivity contribution in [2.24, 2.45) is 5.73 Å². The summed E-state index contributed by atoms with van der Waals surface area (Å²) in [6, 6.07) is -0.448. The zero-order valence-electron chi connectivity index (χ0n) is 9.58. The molecule has 0 heterocycles. The first-order valence-corrected chi connectivity index (χ1v) is 5.01. The van der Waals surface area contributed by atoms with E-state index in [2.05, 4.69) is 0 Å². The lowest BCUT2D eigenvalue weighted by Crippen LogP contribution is -2.53. The van der Waals surface area contributed by atoms with Gasteiger partial charge in [-0.15, -0.1) is 0 Å². The molecule has 0 saturated heterocycles. The number of aliphatic hydroxyl groups is 1. The van der Waals surface area contributed by atoms with E-state index in [1.54, 1.807) is 7.05 Å². The molecular formula is C10H22N2O2. The van der Waals surface area contributed by atoms with Crippen molar-refractivity contribution in [1.82, 2.24) is 4.90 Å². The maximum atomic E-state index is 11.7. The summed E-state index contributed by atoms with van der Waals surface area (Å²) in [6.45, 7) is 5.55. The van der Waals surface area contributed by atoms with Crippen molar-refractivity contribution in [3.8, 4) is 0 Å².